The van der Waals surface area contributed by atoms with Crippen molar-refractivity contribution in [1.29, 1.82) is 5.41 Å². The van der Waals surface area contributed by atoms with Crippen molar-refractivity contribution in [3.8, 4) is 17.1 Å². The van der Waals surface area contributed by atoms with Crippen molar-refractivity contribution in [2.45, 2.75) is 60.9 Å². The molecule has 3 rings (SSSR count). The van der Waals surface area contributed by atoms with Gasteiger partial charge in [0.25, 0.3) is 0 Å². The summed E-state index contributed by atoms with van der Waals surface area (Å²) in [6, 6.07) is 6.27. The van der Waals surface area contributed by atoms with Crippen molar-refractivity contribution in [3.05, 3.63) is 35.7 Å². The van der Waals surface area contributed by atoms with E-state index >= 15 is 0 Å². The summed E-state index contributed by atoms with van der Waals surface area (Å²) in [5.74, 6) is 0.887. The maximum absolute atomic E-state index is 7.65. The van der Waals surface area contributed by atoms with Crippen molar-refractivity contribution < 1.29 is 4.74 Å². The lowest BCUT2D eigenvalue weighted by molar-refractivity contribution is 0.328. The summed E-state index contributed by atoms with van der Waals surface area (Å²) in [5.41, 5.74) is 8.11. The van der Waals surface area contributed by atoms with Crippen LogP contribution in [0.2, 0.25) is 0 Å². The van der Waals surface area contributed by atoms with Gasteiger partial charge in [0.2, 0.25) is 5.88 Å². The number of amidine groups is 1. The third-order valence-corrected chi connectivity index (χ3v) is 5.39. The van der Waals surface area contributed by atoms with Crippen LogP contribution in [0.25, 0.3) is 22.3 Å². The molecule has 0 aliphatic carbocycles. The van der Waals surface area contributed by atoms with Crippen LogP contribution in [-0.2, 0) is 6.42 Å². The first-order valence-electron chi connectivity index (χ1n) is 11.2. The normalized spacial score (nSPS) is 11.9. The minimum absolute atomic E-state index is 0.297. The Hall–Kier alpha value is -3.22. The quantitative estimate of drug-likeness (QED) is 0.345. The highest BCUT2D eigenvalue weighted by atomic mass is 16.5. The number of nitrogens with zero attached hydrogens (tertiary/aromatic N) is 4. The molecule has 7 heteroatoms. The number of fused-ring (bicyclic) bond motifs is 1. The van der Waals surface area contributed by atoms with Crippen LogP contribution in [0.1, 0.15) is 58.8 Å². The number of nitrogens with one attached hydrogen (secondary N) is 2. The van der Waals surface area contributed by atoms with Gasteiger partial charge in [-0.25, -0.2) is 15.0 Å². The maximum Gasteiger partial charge on any atom is 0.222 e. The second kappa shape index (κ2) is 9.94. The lowest BCUT2D eigenvalue weighted by atomic mass is 10.1. The number of pyridine rings is 2. The average molecular weight is 435 g/mol. The molecule has 0 radical (unpaired) electrons. The summed E-state index contributed by atoms with van der Waals surface area (Å²) in [7, 11) is 0. The lowest BCUT2D eigenvalue weighted by Gasteiger charge is -2.18. The molecule has 0 aliphatic heterocycles. The Labute approximate surface area is 190 Å². The minimum atomic E-state index is 0.297. The highest BCUT2D eigenvalue weighted by molar-refractivity contribution is 5.99. The van der Waals surface area contributed by atoms with Gasteiger partial charge >= 0.3 is 0 Å². The van der Waals surface area contributed by atoms with Crippen LogP contribution in [0, 0.1) is 12.3 Å². The standard InChI is InChI=1S/C25H34N6O/c1-8-22-17(6)23-24(31(22)15(3)4)21(28-14-16(5)29-18(7)26)13-20(30-23)19-11-10-12-27-25(19)32-9-2/h10-13,15,26H,8-9,14H2,1-7H3,(H,28,30). The van der Waals surface area contributed by atoms with Crippen molar-refractivity contribution >= 4 is 28.3 Å². The molecule has 0 unspecified atom stereocenters. The molecular formula is C25H34N6O. The van der Waals surface area contributed by atoms with Crippen LogP contribution in [-0.4, -0.2) is 39.2 Å². The number of rotatable bonds is 8. The number of aliphatic imine (C=N–C) groups is 1. The first-order chi connectivity index (χ1) is 15.3. The predicted octanol–water partition coefficient (Wildman–Crippen LogP) is 5.82. The third-order valence-electron chi connectivity index (χ3n) is 5.39. The Morgan fingerprint density at radius 3 is 2.66 bits per heavy atom. The van der Waals surface area contributed by atoms with E-state index in [4.69, 9.17) is 15.1 Å². The molecule has 170 valence electrons. The molecule has 3 aromatic rings. The highest BCUT2D eigenvalue weighted by Gasteiger charge is 2.21. The van der Waals surface area contributed by atoms with Crippen LogP contribution in [0.4, 0.5) is 5.69 Å². The van der Waals surface area contributed by atoms with Crippen LogP contribution in [0.3, 0.4) is 0 Å². The SMILES string of the molecule is CCOc1ncccc1-c1cc(NCC(C)=NC(C)=N)c2c(n1)c(C)c(CC)n2C(C)C. The fourth-order valence-electron chi connectivity index (χ4n) is 4.16. The summed E-state index contributed by atoms with van der Waals surface area (Å²) >= 11 is 0. The van der Waals surface area contributed by atoms with E-state index in [-0.39, 0.29) is 0 Å². The van der Waals surface area contributed by atoms with E-state index in [1.807, 2.05) is 26.0 Å². The zero-order valence-corrected chi connectivity index (χ0v) is 20.2. The van der Waals surface area contributed by atoms with E-state index in [0.29, 0.717) is 30.9 Å². The second-order valence-electron chi connectivity index (χ2n) is 8.22. The molecule has 32 heavy (non-hydrogen) atoms. The van der Waals surface area contributed by atoms with Crippen molar-refractivity contribution in [1.82, 2.24) is 14.5 Å². The molecule has 3 heterocycles. The van der Waals surface area contributed by atoms with Crippen LogP contribution in [0.5, 0.6) is 5.88 Å². The first kappa shape index (κ1) is 23.4. The molecule has 0 amide bonds. The van der Waals surface area contributed by atoms with Gasteiger partial charge in [0.05, 0.1) is 41.1 Å². The molecule has 0 bridgehead atoms. The predicted molar refractivity (Wildman–Crippen MR) is 134 cm³/mol. The molecule has 7 nitrogen and oxygen atoms in total. The fourth-order valence-corrected chi connectivity index (χ4v) is 4.16. The summed E-state index contributed by atoms with van der Waals surface area (Å²) in [4.78, 5) is 13.8. The van der Waals surface area contributed by atoms with Crippen molar-refractivity contribution in [3.63, 3.8) is 0 Å². The Morgan fingerprint density at radius 1 is 1.28 bits per heavy atom. The van der Waals surface area contributed by atoms with E-state index < -0.39 is 0 Å². The first-order valence-corrected chi connectivity index (χ1v) is 11.2. The summed E-state index contributed by atoms with van der Waals surface area (Å²) in [5, 5.41) is 11.2. The molecule has 0 aromatic carbocycles. The van der Waals surface area contributed by atoms with E-state index in [1.54, 1.807) is 13.1 Å². The number of hydrogen-bond acceptors (Lipinski definition) is 5. The third kappa shape index (κ3) is 4.66. The zero-order valence-electron chi connectivity index (χ0n) is 20.2. The second-order valence-corrected chi connectivity index (χ2v) is 8.22. The number of aryl methyl sites for hydroxylation is 1. The fraction of sp³-hybridized carbons (Fsp3) is 0.440. The minimum Gasteiger partial charge on any atom is -0.477 e. The van der Waals surface area contributed by atoms with Crippen LogP contribution < -0.4 is 10.1 Å². The van der Waals surface area contributed by atoms with Gasteiger partial charge in [-0.15, -0.1) is 0 Å². The Morgan fingerprint density at radius 2 is 2.03 bits per heavy atom. The topological polar surface area (TPSA) is 88.2 Å². The summed E-state index contributed by atoms with van der Waals surface area (Å²) < 4.78 is 8.16. The molecule has 2 N–H and O–H groups in total. The van der Waals surface area contributed by atoms with Gasteiger partial charge in [0.1, 0.15) is 5.84 Å². The Balaban J connectivity index is 2.26. The van der Waals surface area contributed by atoms with E-state index in [0.717, 1.165) is 40.1 Å². The summed E-state index contributed by atoms with van der Waals surface area (Å²) in [6.45, 7) is 15.4. The van der Waals surface area contributed by atoms with Crippen molar-refractivity contribution in [2.75, 3.05) is 18.5 Å². The average Bonchev–Trinajstić information content (AvgIpc) is 3.04. The Kier molecular flexibility index (Phi) is 7.28. The lowest BCUT2D eigenvalue weighted by Crippen LogP contribution is -2.14. The number of hydrogen-bond donors (Lipinski definition) is 2. The smallest absolute Gasteiger partial charge is 0.222 e. The molecule has 0 saturated carbocycles. The largest absolute Gasteiger partial charge is 0.477 e. The van der Waals surface area contributed by atoms with Crippen LogP contribution in [0.15, 0.2) is 29.4 Å². The molecule has 0 atom stereocenters. The molecule has 0 fully saturated rings. The number of anilines is 1. The van der Waals surface area contributed by atoms with E-state index in [9.17, 15) is 0 Å². The molecule has 0 spiro atoms. The maximum atomic E-state index is 7.65. The number of ether oxygens (including phenoxy) is 1. The van der Waals surface area contributed by atoms with Gasteiger partial charge in [0, 0.05) is 23.6 Å². The monoisotopic (exact) mass is 434 g/mol. The van der Waals surface area contributed by atoms with Gasteiger partial charge in [0.15, 0.2) is 0 Å². The summed E-state index contributed by atoms with van der Waals surface area (Å²) in [6.07, 6.45) is 2.67. The molecule has 3 aromatic heterocycles. The van der Waals surface area contributed by atoms with Crippen LogP contribution >= 0.6 is 0 Å². The van der Waals surface area contributed by atoms with E-state index in [2.05, 4.69) is 53.6 Å². The van der Waals surface area contributed by atoms with Gasteiger partial charge in [-0.1, -0.05) is 6.92 Å². The van der Waals surface area contributed by atoms with Gasteiger partial charge in [-0.2, -0.15) is 0 Å². The zero-order chi connectivity index (χ0) is 23.4. The Bertz CT molecular complexity index is 1160. The van der Waals surface area contributed by atoms with Gasteiger partial charge in [-0.05, 0) is 71.7 Å². The number of aromatic nitrogens is 3. The molecule has 0 saturated heterocycles. The van der Waals surface area contributed by atoms with E-state index in [1.165, 1.54) is 11.3 Å². The molecule has 0 aliphatic rings. The van der Waals surface area contributed by atoms with Gasteiger partial charge < -0.3 is 14.6 Å². The van der Waals surface area contributed by atoms with Crippen molar-refractivity contribution in [2.24, 2.45) is 4.99 Å². The highest BCUT2D eigenvalue weighted by Crippen LogP contribution is 2.37. The molecular weight excluding hydrogens is 400 g/mol. The van der Waals surface area contributed by atoms with Gasteiger partial charge in [-0.3, -0.25) is 5.41 Å².